The number of rotatable bonds is 3. The summed E-state index contributed by atoms with van der Waals surface area (Å²) in [5.41, 5.74) is 5.54. The number of amides is 1. The van der Waals surface area contributed by atoms with E-state index in [4.69, 9.17) is 11.6 Å². The average Bonchev–Trinajstić information content (AvgIpc) is 3.18. The Hall–Kier alpha value is -2.59. The maximum Gasteiger partial charge on any atom is 0.262 e. The van der Waals surface area contributed by atoms with Gasteiger partial charge in [0.15, 0.2) is 0 Å². The normalized spacial score (nSPS) is 13.1. The van der Waals surface area contributed by atoms with Crippen LogP contribution in [0.15, 0.2) is 48.5 Å². The molecular formula is C21H20ClN3O. The molecule has 0 saturated heterocycles. The molecule has 5 heteroatoms. The number of benzene rings is 2. The molecule has 132 valence electrons. The van der Waals surface area contributed by atoms with Gasteiger partial charge < -0.3 is 4.90 Å². The van der Waals surface area contributed by atoms with Crippen LogP contribution in [0.25, 0.3) is 0 Å². The van der Waals surface area contributed by atoms with Gasteiger partial charge in [0.25, 0.3) is 5.91 Å². The Morgan fingerprint density at radius 1 is 1.12 bits per heavy atom. The lowest BCUT2D eigenvalue weighted by molar-refractivity contribution is 0.0988. The Morgan fingerprint density at radius 2 is 1.85 bits per heavy atom. The Morgan fingerprint density at radius 3 is 2.65 bits per heavy atom. The second-order valence-electron chi connectivity index (χ2n) is 6.63. The van der Waals surface area contributed by atoms with Gasteiger partial charge in [-0.05, 0) is 43.5 Å². The largest absolute Gasteiger partial charge is 0.308 e. The highest BCUT2D eigenvalue weighted by Crippen LogP contribution is 2.30. The van der Waals surface area contributed by atoms with Crippen molar-refractivity contribution in [3.05, 3.63) is 81.6 Å². The minimum atomic E-state index is 0.0235. The van der Waals surface area contributed by atoms with Crippen LogP contribution in [0.1, 0.15) is 32.9 Å². The molecule has 0 fully saturated rings. The van der Waals surface area contributed by atoms with E-state index in [2.05, 4.69) is 11.2 Å². The lowest BCUT2D eigenvalue weighted by Crippen LogP contribution is -2.29. The molecule has 0 saturated carbocycles. The zero-order chi connectivity index (χ0) is 18.3. The van der Waals surface area contributed by atoms with E-state index < -0.39 is 0 Å². The summed E-state index contributed by atoms with van der Waals surface area (Å²) >= 11 is 6.28. The second kappa shape index (κ2) is 6.61. The third-order valence-corrected chi connectivity index (χ3v) is 5.37. The minimum absolute atomic E-state index is 0.0235. The lowest BCUT2D eigenvalue weighted by Gasteiger charge is -2.17. The molecule has 0 unspecified atom stereocenters. The van der Waals surface area contributed by atoms with Crippen LogP contribution in [0.3, 0.4) is 0 Å². The Balaban J connectivity index is 1.67. The second-order valence-corrected chi connectivity index (χ2v) is 7.04. The molecule has 4 rings (SSSR count). The van der Waals surface area contributed by atoms with Crippen molar-refractivity contribution < 1.29 is 4.79 Å². The van der Waals surface area contributed by atoms with Crippen LogP contribution in [0.2, 0.25) is 5.02 Å². The van der Waals surface area contributed by atoms with E-state index in [1.165, 1.54) is 5.56 Å². The number of hydrogen-bond acceptors (Lipinski definition) is 2. The molecule has 0 N–H and O–H groups in total. The number of para-hydroxylation sites is 1. The average molecular weight is 366 g/mol. The molecular weight excluding hydrogens is 346 g/mol. The summed E-state index contributed by atoms with van der Waals surface area (Å²) in [5.74, 6) is 0.0235. The van der Waals surface area contributed by atoms with E-state index in [-0.39, 0.29) is 5.91 Å². The highest BCUT2D eigenvalue weighted by atomic mass is 35.5. The molecule has 1 aliphatic heterocycles. The maximum atomic E-state index is 13.2. The van der Waals surface area contributed by atoms with Crippen molar-refractivity contribution in [2.45, 2.75) is 26.8 Å². The van der Waals surface area contributed by atoms with Gasteiger partial charge in [-0.1, -0.05) is 48.0 Å². The third-order valence-electron chi connectivity index (χ3n) is 5.01. The summed E-state index contributed by atoms with van der Waals surface area (Å²) in [6.07, 6.45) is 0.897. The molecule has 0 aliphatic carbocycles. The topological polar surface area (TPSA) is 38.1 Å². The van der Waals surface area contributed by atoms with Gasteiger partial charge in [-0.25, -0.2) is 0 Å². The highest BCUT2D eigenvalue weighted by Gasteiger charge is 2.29. The molecule has 1 amide bonds. The summed E-state index contributed by atoms with van der Waals surface area (Å²) in [6, 6.07) is 15.8. The fourth-order valence-corrected chi connectivity index (χ4v) is 3.83. The summed E-state index contributed by atoms with van der Waals surface area (Å²) < 4.78 is 1.87. The van der Waals surface area contributed by atoms with Gasteiger partial charge in [-0.3, -0.25) is 9.48 Å². The van der Waals surface area contributed by atoms with E-state index in [1.54, 1.807) is 0 Å². The fraction of sp³-hybridized carbons (Fsp3) is 0.238. The number of aromatic nitrogens is 2. The minimum Gasteiger partial charge on any atom is -0.308 e. The Bertz CT molecular complexity index is 993. The molecule has 1 aliphatic rings. The summed E-state index contributed by atoms with van der Waals surface area (Å²) in [6.45, 7) is 5.11. The zero-order valence-corrected chi connectivity index (χ0v) is 15.6. The van der Waals surface area contributed by atoms with Crippen LogP contribution >= 0.6 is 11.6 Å². The first-order chi connectivity index (χ1) is 12.6. The van der Waals surface area contributed by atoms with Crippen molar-refractivity contribution in [1.82, 2.24) is 9.78 Å². The number of carbonyl (C=O) groups excluding carboxylic acids is 1. The first-order valence-electron chi connectivity index (χ1n) is 8.73. The number of fused-ring (bicyclic) bond motifs is 1. The Labute approximate surface area is 158 Å². The maximum absolute atomic E-state index is 13.2. The number of nitrogens with zero attached hydrogens (tertiary/aromatic N) is 3. The van der Waals surface area contributed by atoms with E-state index in [1.807, 2.05) is 65.9 Å². The van der Waals surface area contributed by atoms with Crippen LogP contribution in [0.4, 0.5) is 5.69 Å². The van der Waals surface area contributed by atoms with Crippen LogP contribution in [-0.2, 0) is 13.0 Å². The molecule has 0 atom stereocenters. The van der Waals surface area contributed by atoms with Gasteiger partial charge in [0.2, 0.25) is 0 Å². The van der Waals surface area contributed by atoms with Gasteiger partial charge in [0.05, 0.1) is 17.8 Å². The van der Waals surface area contributed by atoms with Crippen LogP contribution in [-0.4, -0.2) is 22.2 Å². The van der Waals surface area contributed by atoms with Crippen LogP contribution in [0, 0.1) is 13.8 Å². The van der Waals surface area contributed by atoms with E-state index in [0.717, 1.165) is 29.1 Å². The summed E-state index contributed by atoms with van der Waals surface area (Å²) in [7, 11) is 0. The number of aryl methyl sites for hydroxylation is 1. The van der Waals surface area contributed by atoms with Crippen molar-refractivity contribution >= 4 is 23.2 Å². The number of carbonyl (C=O) groups is 1. The van der Waals surface area contributed by atoms with Crippen LogP contribution < -0.4 is 4.90 Å². The van der Waals surface area contributed by atoms with E-state index in [0.29, 0.717) is 23.7 Å². The SMILES string of the molecule is Cc1nn(Cc2ccccc2Cl)c(C)c1C(=O)N1CCc2ccccc21. The van der Waals surface area contributed by atoms with Crippen molar-refractivity contribution in [3.63, 3.8) is 0 Å². The third kappa shape index (κ3) is 2.80. The number of hydrogen-bond donors (Lipinski definition) is 0. The van der Waals surface area contributed by atoms with Gasteiger partial charge in [0, 0.05) is 22.9 Å². The van der Waals surface area contributed by atoms with Crippen molar-refractivity contribution in [2.24, 2.45) is 0 Å². The van der Waals surface area contributed by atoms with Crippen molar-refractivity contribution in [1.29, 1.82) is 0 Å². The van der Waals surface area contributed by atoms with Gasteiger partial charge in [-0.15, -0.1) is 0 Å². The number of halogens is 1. The molecule has 4 nitrogen and oxygen atoms in total. The first-order valence-corrected chi connectivity index (χ1v) is 9.11. The van der Waals surface area contributed by atoms with E-state index in [9.17, 15) is 4.79 Å². The lowest BCUT2D eigenvalue weighted by atomic mass is 10.1. The predicted molar refractivity (Wildman–Crippen MR) is 104 cm³/mol. The van der Waals surface area contributed by atoms with Gasteiger partial charge >= 0.3 is 0 Å². The molecule has 0 radical (unpaired) electrons. The molecule has 0 spiro atoms. The Kier molecular flexibility index (Phi) is 4.29. The highest BCUT2D eigenvalue weighted by molar-refractivity contribution is 6.31. The number of anilines is 1. The molecule has 0 bridgehead atoms. The van der Waals surface area contributed by atoms with E-state index >= 15 is 0 Å². The first kappa shape index (κ1) is 16.9. The van der Waals surface area contributed by atoms with Gasteiger partial charge in [-0.2, -0.15) is 5.10 Å². The molecule has 1 aromatic heterocycles. The monoisotopic (exact) mass is 365 g/mol. The van der Waals surface area contributed by atoms with Crippen molar-refractivity contribution in [3.8, 4) is 0 Å². The van der Waals surface area contributed by atoms with Gasteiger partial charge in [0.1, 0.15) is 0 Å². The molecule has 26 heavy (non-hydrogen) atoms. The molecule has 2 aromatic carbocycles. The smallest absolute Gasteiger partial charge is 0.262 e. The standard InChI is InChI=1S/C21H20ClN3O/c1-14-20(21(26)24-12-11-16-7-4-6-10-19(16)24)15(2)25(23-14)13-17-8-3-5-9-18(17)22/h3-10H,11-13H2,1-2H3. The van der Waals surface area contributed by atoms with Crippen LogP contribution in [0.5, 0.6) is 0 Å². The zero-order valence-electron chi connectivity index (χ0n) is 14.9. The molecule has 2 heterocycles. The summed E-state index contributed by atoms with van der Waals surface area (Å²) in [5, 5.41) is 5.32. The quantitative estimate of drug-likeness (QED) is 0.689. The summed E-state index contributed by atoms with van der Waals surface area (Å²) in [4.78, 5) is 15.1. The molecule has 3 aromatic rings. The van der Waals surface area contributed by atoms with Crippen molar-refractivity contribution in [2.75, 3.05) is 11.4 Å². The predicted octanol–water partition coefficient (Wildman–Crippen LogP) is 4.40. The fourth-order valence-electron chi connectivity index (χ4n) is 3.63.